The minimum atomic E-state index is -0.131. The molecule has 0 amide bonds. The second kappa shape index (κ2) is 61.8. The highest BCUT2D eigenvalue weighted by molar-refractivity contribution is 6.35. The molecule has 0 radical (unpaired) electrons. The summed E-state index contributed by atoms with van der Waals surface area (Å²) < 4.78 is 57.0. The smallest absolute Gasteiger partial charge is 0.126 e. The summed E-state index contributed by atoms with van der Waals surface area (Å²) in [5, 5.41) is 3.18. The Morgan fingerprint density at radius 3 is 0.874 bits per heavy atom. The molecule has 0 bridgehead atoms. The van der Waals surface area contributed by atoms with Crippen LogP contribution in [0.2, 0.25) is 20.1 Å². The van der Waals surface area contributed by atoms with Gasteiger partial charge in [-0.15, -0.1) is 0 Å². The molecule has 0 spiro atoms. The molecule has 127 heavy (non-hydrogen) atoms. The molecular weight excluding hydrogens is 1650 g/mol. The highest BCUT2D eigenvalue weighted by Gasteiger charge is 2.11. The maximum Gasteiger partial charge on any atom is 0.126 e. The summed E-state index contributed by atoms with van der Waals surface area (Å²) in [4.78, 5) is 0. The van der Waals surface area contributed by atoms with Gasteiger partial charge in [-0.25, -0.2) is 17.6 Å². The van der Waals surface area contributed by atoms with Crippen molar-refractivity contribution in [1.82, 2.24) is 0 Å². The van der Waals surface area contributed by atoms with Gasteiger partial charge in [-0.05, 0) is 300 Å². The Kier molecular flexibility index (Phi) is 56.6. The van der Waals surface area contributed by atoms with Crippen molar-refractivity contribution in [3.63, 3.8) is 0 Å². The van der Waals surface area contributed by atoms with E-state index >= 15 is 0 Å². The number of hydrogen-bond acceptors (Lipinski definition) is 1. The molecule has 0 saturated heterocycles. The normalized spacial score (nSPS) is 10.5. The van der Waals surface area contributed by atoms with Gasteiger partial charge in [0.2, 0.25) is 0 Å². The van der Waals surface area contributed by atoms with Crippen LogP contribution in [0.15, 0.2) is 255 Å². The first kappa shape index (κ1) is 116. The van der Waals surface area contributed by atoms with Crippen LogP contribution in [0, 0.1) is 85.6 Å². The van der Waals surface area contributed by atoms with Crippen LogP contribution in [0.1, 0.15) is 354 Å². The molecule has 0 saturated carbocycles. The zero-order chi connectivity index (χ0) is 96.7. The Labute approximate surface area is 790 Å². The summed E-state index contributed by atoms with van der Waals surface area (Å²) in [6.07, 6.45) is 0. The van der Waals surface area contributed by atoms with Crippen molar-refractivity contribution >= 4 is 46.4 Å². The molecule has 0 aliphatic heterocycles. The van der Waals surface area contributed by atoms with E-state index in [1.807, 2.05) is 147 Å². The maximum absolute atomic E-state index is 13.1. The fraction of sp³-hybridized carbons (Fsp3) is 0.390. The third-order valence-corrected chi connectivity index (χ3v) is 22.3. The first-order valence-corrected chi connectivity index (χ1v) is 46.8. The molecule has 9 heteroatoms. The van der Waals surface area contributed by atoms with E-state index in [1.54, 1.807) is 50.4 Å². The third kappa shape index (κ3) is 48.5. The number of methoxy groups -OCH3 is 1. The van der Waals surface area contributed by atoms with Crippen LogP contribution >= 0.6 is 46.4 Å². The summed E-state index contributed by atoms with van der Waals surface area (Å²) in [7, 11) is 1.68. The number of hydrogen-bond donors (Lipinski definition) is 0. The summed E-state index contributed by atoms with van der Waals surface area (Å²) in [5.74, 6) is 6.71. The van der Waals surface area contributed by atoms with Gasteiger partial charge in [0.05, 0.1) is 7.11 Å². The van der Waals surface area contributed by atoms with E-state index in [4.69, 9.17) is 51.1 Å². The lowest BCUT2D eigenvalue weighted by molar-refractivity contribution is 0.414. The van der Waals surface area contributed by atoms with Crippen LogP contribution in [0.5, 0.6) is 5.75 Å². The van der Waals surface area contributed by atoms with Gasteiger partial charge in [0.25, 0.3) is 0 Å². The summed E-state index contributed by atoms with van der Waals surface area (Å²) in [5.41, 5.74) is 24.6. The van der Waals surface area contributed by atoms with Gasteiger partial charge >= 0.3 is 0 Å². The largest absolute Gasteiger partial charge is 0.497 e. The van der Waals surface area contributed by atoms with Crippen molar-refractivity contribution in [2.75, 3.05) is 7.11 Å². The van der Waals surface area contributed by atoms with Gasteiger partial charge in [0, 0.05) is 20.1 Å². The van der Waals surface area contributed by atoms with Crippen molar-refractivity contribution in [3.8, 4) is 5.75 Å². The standard InChI is InChI=1S/2C10H13Cl.4C10H13F.C10H14O.3C10H14.C9H10Cl2.C9H12/c1-7(2)9-4-5-10(11)8(3)6-9;1-7(2)9-5-4-8(3)10(11)6-9;1-7(2)9-4-8(3)5-10(11)6-9;1-7(2)9-5-4-8(3)10(11)6-9;2*1-7(2)9-5-4-8(3)6-10(9)11;1-8(2)9-4-6-10(11-3)7-5-9;2*1-8(2)10-6-4-9(3)5-7-10;1-8(2)10-6-4-5-9(3)7-10;1-6(2)8-4-3-7(10)5-9(8)11;1-8(2)9-6-4-3-5-7-9/h6*4-7H,1-3H3;4-8H,1-3H3;3*4-8H,1-3H3;3-6H,1-2H3;3-8H,1-2H3. The first-order chi connectivity index (χ1) is 59.4. The molecular formula is C118H156Cl4F4O. The van der Waals surface area contributed by atoms with Crippen LogP contribution < -0.4 is 4.74 Å². The predicted octanol–water partition coefficient (Wildman–Crippen LogP) is 39.7. The Morgan fingerprint density at radius 2 is 0.535 bits per heavy atom. The fourth-order valence-corrected chi connectivity index (χ4v) is 12.9. The number of ether oxygens (including phenoxy) is 1. The van der Waals surface area contributed by atoms with Gasteiger partial charge in [0.15, 0.2) is 0 Å². The average Bonchev–Trinajstić information content (AvgIpc) is 0.860. The highest BCUT2D eigenvalue weighted by Crippen LogP contribution is 2.30. The molecule has 1 nitrogen and oxygen atoms in total. The lowest BCUT2D eigenvalue weighted by Crippen LogP contribution is -1.92. The molecule has 0 fully saturated rings. The van der Waals surface area contributed by atoms with Gasteiger partial charge < -0.3 is 4.74 Å². The van der Waals surface area contributed by atoms with Crippen LogP contribution in [-0.2, 0) is 0 Å². The van der Waals surface area contributed by atoms with E-state index < -0.39 is 0 Å². The minimum Gasteiger partial charge on any atom is -0.497 e. The number of aryl methyl sites for hydroxylation is 9. The molecule has 0 atom stereocenters. The van der Waals surface area contributed by atoms with Crippen molar-refractivity contribution in [2.24, 2.45) is 0 Å². The molecule has 0 aliphatic rings. The first-order valence-electron chi connectivity index (χ1n) is 45.3. The molecule has 690 valence electrons. The van der Waals surface area contributed by atoms with Crippen LogP contribution in [-0.4, -0.2) is 7.11 Å². The molecule has 0 heterocycles. The van der Waals surface area contributed by atoms with Crippen LogP contribution in [0.25, 0.3) is 0 Å². The van der Waals surface area contributed by atoms with Crippen LogP contribution in [0.4, 0.5) is 17.6 Å². The number of rotatable bonds is 13. The predicted molar refractivity (Wildman–Crippen MR) is 555 cm³/mol. The lowest BCUT2D eigenvalue weighted by Gasteiger charge is -2.06. The molecule has 0 aromatic heterocycles. The van der Waals surface area contributed by atoms with Crippen LogP contribution in [0.3, 0.4) is 0 Å². The van der Waals surface area contributed by atoms with E-state index in [-0.39, 0.29) is 35.1 Å². The Morgan fingerprint density at radius 1 is 0.205 bits per heavy atom. The quantitative estimate of drug-likeness (QED) is 0.105. The van der Waals surface area contributed by atoms with E-state index in [9.17, 15) is 17.6 Å². The molecule has 0 N–H and O–H groups in total. The Balaban J connectivity index is 0.000000693. The summed E-state index contributed by atoms with van der Waals surface area (Å²) >= 11 is 23.5. The lowest BCUT2D eigenvalue weighted by atomic mass is 10.0. The second-order valence-electron chi connectivity index (χ2n) is 36.6. The molecule has 0 aliphatic carbocycles. The van der Waals surface area contributed by atoms with E-state index in [2.05, 4.69) is 293 Å². The van der Waals surface area contributed by atoms with Gasteiger partial charge in [0.1, 0.15) is 29.0 Å². The summed E-state index contributed by atoms with van der Waals surface area (Å²) in [6.45, 7) is 69.1. The molecule has 0 unspecified atom stereocenters. The monoisotopic (exact) mass is 1810 g/mol. The molecule has 12 rings (SSSR count). The second-order valence-corrected chi connectivity index (χ2v) is 38.2. The van der Waals surface area contributed by atoms with Gasteiger partial charge in [-0.2, -0.15) is 0 Å². The minimum absolute atomic E-state index is 0.0833. The van der Waals surface area contributed by atoms with Gasteiger partial charge in [-0.3, -0.25) is 0 Å². The van der Waals surface area contributed by atoms with E-state index in [0.717, 1.165) is 82.0 Å². The molecule has 12 aromatic carbocycles. The topological polar surface area (TPSA) is 9.23 Å². The fourth-order valence-electron chi connectivity index (χ4n) is 12.0. The van der Waals surface area contributed by atoms with Crippen molar-refractivity contribution in [1.29, 1.82) is 0 Å². The van der Waals surface area contributed by atoms with Gasteiger partial charge in [-0.1, -0.05) is 417 Å². The van der Waals surface area contributed by atoms with E-state index in [0.29, 0.717) is 64.2 Å². The zero-order valence-corrected chi connectivity index (χ0v) is 86.6. The number of halogens is 8. The van der Waals surface area contributed by atoms with Crippen molar-refractivity contribution < 1.29 is 22.3 Å². The van der Waals surface area contributed by atoms with Crippen molar-refractivity contribution in [3.05, 3.63) is 415 Å². The highest BCUT2D eigenvalue weighted by atomic mass is 35.5. The maximum atomic E-state index is 13.1. The zero-order valence-electron chi connectivity index (χ0n) is 83.6. The Bertz CT molecular complexity index is 4680. The third-order valence-electron chi connectivity index (χ3n) is 20.9. The van der Waals surface area contributed by atoms with E-state index in [1.165, 1.54) is 55.6 Å². The SMILES string of the molecule is CC(C)c1ccc(Cl)cc1Cl.CC(C)c1ccccc1.COc1ccc(C(C)C)cc1.Cc1cc(C(C)C)ccc1Cl.Cc1cc(F)cc(C(C)C)c1.Cc1ccc(C(C)C)c(F)c1.Cc1ccc(C(C)C)c(F)c1.Cc1ccc(C(C)C)cc1.Cc1ccc(C(C)C)cc1.Cc1ccc(C(C)C)cc1Cl.Cc1ccc(C(C)C)cc1F.Cc1cccc(C(C)C)c1. The Hall–Kier alpha value is -8.68. The number of benzene rings is 12. The van der Waals surface area contributed by atoms with Crippen molar-refractivity contribution in [2.45, 2.75) is 299 Å². The average molecular weight is 1810 g/mol. The molecule has 12 aromatic rings. The summed E-state index contributed by atoms with van der Waals surface area (Å²) in [6, 6.07) is 84.2.